The number of nitrogens with one attached hydrogen (secondary N) is 1. The van der Waals surface area contributed by atoms with E-state index in [-0.39, 0.29) is 17.6 Å². The van der Waals surface area contributed by atoms with E-state index < -0.39 is 0 Å². The number of rotatable bonds is 4. The van der Waals surface area contributed by atoms with Crippen molar-refractivity contribution in [2.45, 2.75) is 19.8 Å². The van der Waals surface area contributed by atoms with E-state index in [2.05, 4.69) is 12.2 Å². The van der Waals surface area contributed by atoms with Crippen LogP contribution >= 0.6 is 0 Å². The number of piperazine rings is 1. The number of nitrogens with zero attached hydrogens (tertiary/aromatic N) is 1. The maximum Gasteiger partial charge on any atom is 0.222 e. The van der Waals surface area contributed by atoms with Gasteiger partial charge in [0.05, 0.1) is 0 Å². The van der Waals surface area contributed by atoms with E-state index in [0.717, 1.165) is 38.2 Å². The number of halogens is 1. The molecule has 1 aliphatic heterocycles. The number of hydrogen-bond acceptors (Lipinski definition) is 2. The highest BCUT2D eigenvalue weighted by Gasteiger charge is 2.18. The molecule has 1 unspecified atom stereocenters. The van der Waals surface area contributed by atoms with E-state index in [0.29, 0.717) is 6.42 Å². The van der Waals surface area contributed by atoms with Crippen LogP contribution in [0.15, 0.2) is 24.3 Å². The minimum Gasteiger partial charge on any atom is -0.340 e. The number of carbonyl (C=O) groups is 1. The number of hydrogen-bond donors (Lipinski definition) is 1. The van der Waals surface area contributed by atoms with Gasteiger partial charge in [0.1, 0.15) is 5.82 Å². The molecule has 1 aromatic carbocycles. The fourth-order valence-electron chi connectivity index (χ4n) is 2.44. The monoisotopic (exact) mass is 264 g/mol. The Kier molecular flexibility index (Phi) is 4.91. The number of amides is 1. The summed E-state index contributed by atoms with van der Waals surface area (Å²) in [6.45, 7) is 5.46. The first kappa shape index (κ1) is 14.0. The van der Waals surface area contributed by atoms with E-state index in [1.54, 1.807) is 12.1 Å². The lowest BCUT2D eigenvalue weighted by Gasteiger charge is -2.28. The lowest BCUT2D eigenvalue weighted by molar-refractivity contribution is -0.132. The number of carbonyl (C=O) groups excluding carboxylic acids is 1. The first-order chi connectivity index (χ1) is 9.15. The molecule has 0 bridgehead atoms. The van der Waals surface area contributed by atoms with E-state index in [1.807, 2.05) is 4.90 Å². The van der Waals surface area contributed by atoms with Crippen molar-refractivity contribution in [1.29, 1.82) is 0 Å². The first-order valence-corrected chi connectivity index (χ1v) is 6.88. The standard InChI is InChI=1S/C15H21FN2O/c1-12(10-13-2-4-14(16)5-3-13)11-15(19)18-8-6-17-7-9-18/h2-5,12,17H,6-11H2,1H3. The third kappa shape index (κ3) is 4.31. The molecule has 1 atom stereocenters. The molecule has 1 N–H and O–H groups in total. The highest BCUT2D eigenvalue weighted by molar-refractivity contribution is 5.76. The average molecular weight is 264 g/mol. The quantitative estimate of drug-likeness (QED) is 0.900. The van der Waals surface area contributed by atoms with Gasteiger partial charge in [-0.1, -0.05) is 19.1 Å². The fourth-order valence-corrected chi connectivity index (χ4v) is 2.44. The molecule has 19 heavy (non-hydrogen) atoms. The van der Waals surface area contributed by atoms with Crippen molar-refractivity contribution in [3.05, 3.63) is 35.6 Å². The van der Waals surface area contributed by atoms with Gasteiger partial charge in [0.15, 0.2) is 0 Å². The molecule has 1 amide bonds. The van der Waals surface area contributed by atoms with Crippen molar-refractivity contribution in [1.82, 2.24) is 10.2 Å². The van der Waals surface area contributed by atoms with Crippen molar-refractivity contribution in [3.63, 3.8) is 0 Å². The van der Waals surface area contributed by atoms with Gasteiger partial charge in [0.25, 0.3) is 0 Å². The lowest BCUT2D eigenvalue weighted by Crippen LogP contribution is -2.46. The van der Waals surface area contributed by atoms with Crippen LogP contribution in [0.2, 0.25) is 0 Å². The van der Waals surface area contributed by atoms with Crippen molar-refractivity contribution >= 4 is 5.91 Å². The van der Waals surface area contributed by atoms with Crippen LogP contribution in [0.4, 0.5) is 4.39 Å². The largest absolute Gasteiger partial charge is 0.340 e. The van der Waals surface area contributed by atoms with Crippen LogP contribution < -0.4 is 5.32 Å². The van der Waals surface area contributed by atoms with Gasteiger partial charge in [0.2, 0.25) is 5.91 Å². The number of benzene rings is 1. The summed E-state index contributed by atoms with van der Waals surface area (Å²) in [5.74, 6) is 0.303. The Labute approximate surface area is 113 Å². The van der Waals surface area contributed by atoms with Gasteiger partial charge < -0.3 is 10.2 Å². The molecule has 1 fully saturated rings. The molecule has 1 aromatic rings. The predicted octanol–water partition coefficient (Wildman–Crippen LogP) is 1.83. The summed E-state index contributed by atoms with van der Waals surface area (Å²) >= 11 is 0. The summed E-state index contributed by atoms with van der Waals surface area (Å²) < 4.78 is 12.8. The molecule has 1 aliphatic rings. The maximum atomic E-state index is 12.8. The second kappa shape index (κ2) is 6.66. The molecule has 2 rings (SSSR count). The fraction of sp³-hybridized carbons (Fsp3) is 0.533. The Hall–Kier alpha value is -1.42. The van der Waals surface area contributed by atoms with Crippen molar-refractivity contribution in [2.24, 2.45) is 5.92 Å². The lowest BCUT2D eigenvalue weighted by atomic mass is 9.97. The zero-order valence-corrected chi connectivity index (χ0v) is 11.4. The zero-order chi connectivity index (χ0) is 13.7. The minimum atomic E-state index is -0.215. The van der Waals surface area contributed by atoms with Crippen LogP contribution in [-0.2, 0) is 11.2 Å². The third-order valence-electron chi connectivity index (χ3n) is 3.49. The molecule has 0 radical (unpaired) electrons. The molecule has 4 heteroatoms. The first-order valence-electron chi connectivity index (χ1n) is 6.88. The molecular weight excluding hydrogens is 243 g/mol. The average Bonchev–Trinajstić information content (AvgIpc) is 2.42. The van der Waals surface area contributed by atoms with Crippen LogP contribution in [0, 0.1) is 11.7 Å². The van der Waals surface area contributed by atoms with Crippen molar-refractivity contribution < 1.29 is 9.18 Å². The van der Waals surface area contributed by atoms with E-state index in [4.69, 9.17) is 0 Å². The Bertz CT molecular complexity index is 413. The van der Waals surface area contributed by atoms with Gasteiger partial charge in [-0.15, -0.1) is 0 Å². The minimum absolute atomic E-state index is 0.215. The van der Waals surface area contributed by atoms with Crippen LogP contribution in [0.25, 0.3) is 0 Å². The molecule has 0 aromatic heterocycles. The highest BCUT2D eigenvalue weighted by Crippen LogP contribution is 2.14. The summed E-state index contributed by atoms with van der Waals surface area (Å²) in [6.07, 6.45) is 1.38. The third-order valence-corrected chi connectivity index (χ3v) is 3.49. The summed E-state index contributed by atoms with van der Waals surface area (Å²) in [5, 5.41) is 3.24. The van der Waals surface area contributed by atoms with Crippen molar-refractivity contribution in [2.75, 3.05) is 26.2 Å². The Morgan fingerprint density at radius 3 is 2.58 bits per heavy atom. The summed E-state index contributed by atoms with van der Waals surface area (Å²) in [5.41, 5.74) is 1.09. The normalized spacial score (nSPS) is 17.3. The Balaban J connectivity index is 1.81. The van der Waals surface area contributed by atoms with Gasteiger partial charge in [-0.25, -0.2) is 4.39 Å². The second-order valence-electron chi connectivity index (χ2n) is 5.27. The molecule has 1 saturated heterocycles. The molecule has 0 spiro atoms. The van der Waals surface area contributed by atoms with Gasteiger partial charge in [-0.3, -0.25) is 4.79 Å². The summed E-state index contributed by atoms with van der Waals surface area (Å²) in [4.78, 5) is 14.0. The van der Waals surface area contributed by atoms with E-state index in [9.17, 15) is 9.18 Å². The second-order valence-corrected chi connectivity index (χ2v) is 5.27. The van der Waals surface area contributed by atoms with Gasteiger partial charge in [-0.05, 0) is 30.0 Å². The van der Waals surface area contributed by atoms with Gasteiger partial charge in [-0.2, -0.15) is 0 Å². The van der Waals surface area contributed by atoms with Gasteiger partial charge in [0, 0.05) is 32.6 Å². The SMILES string of the molecule is CC(CC(=O)N1CCNCC1)Cc1ccc(F)cc1. The Morgan fingerprint density at radius 2 is 1.95 bits per heavy atom. The smallest absolute Gasteiger partial charge is 0.222 e. The molecular formula is C15H21FN2O. The van der Waals surface area contributed by atoms with Crippen LogP contribution in [0.5, 0.6) is 0 Å². The molecule has 0 saturated carbocycles. The zero-order valence-electron chi connectivity index (χ0n) is 11.4. The molecule has 3 nitrogen and oxygen atoms in total. The summed E-state index contributed by atoms with van der Waals surface area (Å²) in [7, 11) is 0. The maximum absolute atomic E-state index is 12.8. The van der Waals surface area contributed by atoms with Crippen LogP contribution in [-0.4, -0.2) is 37.0 Å². The van der Waals surface area contributed by atoms with Gasteiger partial charge >= 0.3 is 0 Å². The molecule has 104 valence electrons. The topological polar surface area (TPSA) is 32.3 Å². The van der Waals surface area contributed by atoms with Crippen LogP contribution in [0.3, 0.4) is 0 Å². The molecule has 0 aliphatic carbocycles. The molecule has 1 heterocycles. The Morgan fingerprint density at radius 1 is 1.32 bits per heavy atom. The van der Waals surface area contributed by atoms with Crippen molar-refractivity contribution in [3.8, 4) is 0 Å². The van der Waals surface area contributed by atoms with E-state index in [1.165, 1.54) is 12.1 Å². The van der Waals surface area contributed by atoms with Crippen LogP contribution in [0.1, 0.15) is 18.9 Å². The summed E-state index contributed by atoms with van der Waals surface area (Å²) in [6, 6.07) is 6.53. The predicted molar refractivity (Wildman–Crippen MR) is 73.3 cm³/mol. The van der Waals surface area contributed by atoms with E-state index >= 15 is 0 Å². The highest BCUT2D eigenvalue weighted by atomic mass is 19.1.